The molecule has 1 aromatic heterocycles. The Morgan fingerprint density at radius 2 is 1.90 bits per heavy atom. The fraction of sp³-hybridized carbons (Fsp3) is 0.727. The van der Waals surface area contributed by atoms with Gasteiger partial charge in [0.05, 0.1) is 43.3 Å². The van der Waals surface area contributed by atoms with Crippen molar-refractivity contribution in [1.82, 2.24) is 9.97 Å². The predicted octanol–water partition coefficient (Wildman–Crippen LogP) is 8.00. The minimum Gasteiger partial charge on any atom is -0.463 e. The van der Waals surface area contributed by atoms with Crippen LogP contribution in [0.4, 0.5) is 5.82 Å². The number of rotatable bonds is 13. The molecule has 1 saturated heterocycles. The van der Waals surface area contributed by atoms with E-state index in [-0.39, 0.29) is 18.1 Å². The number of anilines is 1. The lowest BCUT2D eigenvalue weighted by molar-refractivity contribution is -0.0123. The van der Waals surface area contributed by atoms with Gasteiger partial charge in [0.15, 0.2) is 0 Å². The van der Waals surface area contributed by atoms with Crippen molar-refractivity contribution >= 4 is 38.6 Å². The third-order valence-corrected chi connectivity index (χ3v) is 9.30. The number of fused-ring (bicyclic) bond motifs is 1. The Labute approximate surface area is 257 Å². The number of ether oxygens (including phenoxy) is 2. The highest BCUT2D eigenvalue weighted by Gasteiger charge is 2.36. The van der Waals surface area contributed by atoms with Gasteiger partial charge in [-0.2, -0.15) is 9.97 Å². The zero-order valence-electron chi connectivity index (χ0n) is 26.8. The minimum absolute atomic E-state index is 0.0702. The van der Waals surface area contributed by atoms with Crippen molar-refractivity contribution in [3.63, 3.8) is 0 Å². The summed E-state index contributed by atoms with van der Waals surface area (Å²) in [6, 6.07) is 0.564. The predicted molar refractivity (Wildman–Crippen MR) is 175 cm³/mol. The summed E-state index contributed by atoms with van der Waals surface area (Å²) < 4.78 is 13.2. The SMILES string of the molecule is C/C=C1\C(=NC(C)CC)C(Br)=C(C)c2nc(OCC(C)(CCCC)CCCCC)nc(N3CCOCC(C)(O)C3)c21. The van der Waals surface area contributed by atoms with Gasteiger partial charge in [0.25, 0.3) is 0 Å². The lowest BCUT2D eigenvalue weighted by atomic mass is 9.81. The molecule has 0 radical (unpaired) electrons. The van der Waals surface area contributed by atoms with Crippen LogP contribution in [-0.2, 0) is 4.74 Å². The maximum absolute atomic E-state index is 11.1. The molecule has 1 aromatic rings. The molecule has 0 saturated carbocycles. The standard InChI is InChI=1S/C33H53BrN4O3/c1-9-13-15-17-32(7,16-14-10-2)21-41-31-36-28-24(6)27(34)29(35-23(5)11-3)25(12-4)26(28)30(37-31)38-18-19-40-22-33(8,39)20-38/h12,23,39H,9-11,13-22H2,1-8H3/b25-12-,35-29?. The first kappa shape index (κ1) is 33.7. The smallest absolute Gasteiger partial charge is 0.318 e. The summed E-state index contributed by atoms with van der Waals surface area (Å²) in [5.74, 6) is 0.765. The van der Waals surface area contributed by atoms with Gasteiger partial charge in [0.1, 0.15) is 11.4 Å². The van der Waals surface area contributed by atoms with Crippen LogP contribution in [-0.4, -0.2) is 65.3 Å². The quantitative estimate of drug-likeness (QED) is 0.222. The first-order chi connectivity index (χ1) is 19.5. The van der Waals surface area contributed by atoms with Gasteiger partial charge in [-0.1, -0.05) is 65.9 Å². The van der Waals surface area contributed by atoms with Crippen molar-refractivity contribution in [3.05, 3.63) is 21.8 Å². The fourth-order valence-corrected chi connectivity index (χ4v) is 6.08. The van der Waals surface area contributed by atoms with Crippen LogP contribution in [0.1, 0.15) is 118 Å². The summed E-state index contributed by atoms with van der Waals surface area (Å²) in [5, 5.41) is 11.1. The second-order valence-corrected chi connectivity index (χ2v) is 13.4. The number of aromatic nitrogens is 2. The summed E-state index contributed by atoms with van der Waals surface area (Å²) in [4.78, 5) is 17.3. The lowest BCUT2D eigenvalue weighted by Crippen LogP contribution is -2.42. The number of hydrogen-bond acceptors (Lipinski definition) is 7. The van der Waals surface area contributed by atoms with E-state index >= 15 is 0 Å². The summed E-state index contributed by atoms with van der Waals surface area (Å²) in [6.45, 7) is 19.5. The van der Waals surface area contributed by atoms with Gasteiger partial charge in [-0.3, -0.25) is 4.99 Å². The van der Waals surface area contributed by atoms with Gasteiger partial charge < -0.3 is 19.5 Å². The molecule has 1 aliphatic heterocycles. The molecule has 0 aromatic carbocycles. The zero-order chi connectivity index (χ0) is 30.2. The van der Waals surface area contributed by atoms with Crippen LogP contribution in [0, 0.1) is 5.41 Å². The summed E-state index contributed by atoms with van der Waals surface area (Å²) in [6.07, 6.45) is 11.3. The molecule has 0 spiro atoms. The molecular formula is C33H53BrN4O3. The van der Waals surface area contributed by atoms with Crippen molar-refractivity contribution in [2.45, 2.75) is 118 Å². The maximum atomic E-state index is 11.1. The number of aliphatic imine (C=N–C) groups is 1. The molecule has 1 aliphatic carbocycles. The first-order valence-electron chi connectivity index (χ1n) is 15.7. The Bertz CT molecular complexity index is 1130. The maximum Gasteiger partial charge on any atom is 0.318 e. The summed E-state index contributed by atoms with van der Waals surface area (Å²) in [7, 11) is 0. The second-order valence-electron chi connectivity index (χ2n) is 12.6. The number of hydrogen-bond donors (Lipinski definition) is 1. The van der Waals surface area contributed by atoms with Crippen LogP contribution in [0.3, 0.4) is 0 Å². The number of nitrogens with zero attached hydrogens (tertiary/aromatic N) is 4. The van der Waals surface area contributed by atoms with E-state index in [4.69, 9.17) is 24.4 Å². The molecule has 230 valence electrons. The third kappa shape index (κ3) is 8.64. The number of halogens is 1. The molecule has 8 heteroatoms. The van der Waals surface area contributed by atoms with Crippen LogP contribution in [0.25, 0.3) is 11.1 Å². The molecule has 2 heterocycles. The highest BCUT2D eigenvalue weighted by atomic mass is 79.9. The second kappa shape index (κ2) is 15.1. The molecule has 0 amide bonds. The first-order valence-corrected chi connectivity index (χ1v) is 16.5. The normalized spacial score (nSPS) is 23.9. The van der Waals surface area contributed by atoms with Crippen molar-refractivity contribution in [1.29, 1.82) is 0 Å². The molecule has 1 N–H and O–H groups in total. The van der Waals surface area contributed by atoms with E-state index in [2.05, 4.69) is 68.4 Å². The topological polar surface area (TPSA) is 80.1 Å². The third-order valence-electron chi connectivity index (χ3n) is 8.33. The molecule has 2 aliphatic rings. The Balaban J connectivity index is 2.13. The average molecular weight is 634 g/mol. The minimum atomic E-state index is -1.00. The molecule has 3 atom stereocenters. The summed E-state index contributed by atoms with van der Waals surface area (Å²) >= 11 is 3.87. The van der Waals surface area contributed by atoms with E-state index in [9.17, 15) is 5.11 Å². The van der Waals surface area contributed by atoms with Crippen LogP contribution < -0.4 is 9.64 Å². The van der Waals surface area contributed by atoms with Gasteiger partial charge >= 0.3 is 6.01 Å². The van der Waals surface area contributed by atoms with Crippen molar-refractivity contribution in [2.24, 2.45) is 10.4 Å². The van der Waals surface area contributed by atoms with E-state index in [0.29, 0.717) is 32.3 Å². The Hall–Kier alpha value is -1.77. The molecule has 3 unspecified atom stereocenters. The van der Waals surface area contributed by atoms with Crippen molar-refractivity contribution in [3.8, 4) is 6.01 Å². The number of allylic oxidation sites excluding steroid dienone is 4. The Morgan fingerprint density at radius 1 is 1.20 bits per heavy atom. The Kier molecular flexibility index (Phi) is 12.4. The lowest BCUT2D eigenvalue weighted by Gasteiger charge is -2.33. The largest absolute Gasteiger partial charge is 0.463 e. The molecule has 41 heavy (non-hydrogen) atoms. The van der Waals surface area contributed by atoms with E-state index in [0.717, 1.165) is 57.7 Å². The van der Waals surface area contributed by atoms with E-state index in [1.165, 1.54) is 32.1 Å². The van der Waals surface area contributed by atoms with Crippen molar-refractivity contribution < 1.29 is 14.6 Å². The van der Waals surface area contributed by atoms with Crippen LogP contribution in [0.5, 0.6) is 6.01 Å². The molecular weight excluding hydrogens is 580 g/mol. The monoisotopic (exact) mass is 632 g/mol. The Morgan fingerprint density at radius 3 is 2.56 bits per heavy atom. The van der Waals surface area contributed by atoms with E-state index in [1.54, 1.807) is 0 Å². The molecule has 3 rings (SSSR count). The highest BCUT2D eigenvalue weighted by molar-refractivity contribution is 9.12. The van der Waals surface area contributed by atoms with Gasteiger partial charge in [-0.25, -0.2) is 0 Å². The van der Waals surface area contributed by atoms with E-state index in [1.807, 2.05) is 13.8 Å². The van der Waals surface area contributed by atoms with Crippen LogP contribution >= 0.6 is 15.9 Å². The fourth-order valence-electron chi connectivity index (χ4n) is 5.58. The number of aliphatic hydroxyl groups is 1. The van der Waals surface area contributed by atoms with E-state index < -0.39 is 5.60 Å². The van der Waals surface area contributed by atoms with Gasteiger partial charge in [0, 0.05) is 28.1 Å². The molecule has 0 bridgehead atoms. The van der Waals surface area contributed by atoms with Gasteiger partial charge in [0.2, 0.25) is 0 Å². The number of unbranched alkanes of at least 4 members (excludes halogenated alkanes) is 3. The summed E-state index contributed by atoms with van der Waals surface area (Å²) in [5.41, 5.74) is 3.78. The van der Waals surface area contributed by atoms with Gasteiger partial charge in [-0.05, 0) is 68.5 Å². The van der Waals surface area contributed by atoms with Crippen LogP contribution in [0.15, 0.2) is 15.6 Å². The molecule has 7 nitrogen and oxygen atoms in total. The van der Waals surface area contributed by atoms with Crippen LogP contribution in [0.2, 0.25) is 0 Å². The highest BCUT2D eigenvalue weighted by Crippen LogP contribution is 2.43. The van der Waals surface area contributed by atoms with Crippen molar-refractivity contribution in [2.75, 3.05) is 37.8 Å². The average Bonchev–Trinajstić information content (AvgIpc) is 3.13. The van der Waals surface area contributed by atoms with Gasteiger partial charge in [-0.15, -0.1) is 0 Å². The zero-order valence-corrected chi connectivity index (χ0v) is 28.4. The molecule has 1 fully saturated rings. The number of β-amino-alcohol motifs (C(OH)–C–C–N with tert-alkyl or cyclic N) is 1.